The molecule has 2 amide bonds. The van der Waals surface area contributed by atoms with Crippen LogP contribution in [-0.4, -0.2) is 17.6 Å². The van der Waals surface area contributed by atoms with Crippen molar-refractivity contribution in [3.05, 3.63) is 60.2 Å². The fourth-order valence-corrected chi connectivity index (χ4v) is 5.08. The SMILES string of the molecule is CC(C)C[C@]1(Sc2ccccc2)C(=O)N(C(=O)OC(C)(C)C)c2ccccc21. The smallest absolute Gasteiger partial charge is 0.421 e. The van der Waals surface area contributed by atoms with Gasteiger partial charge in [0.1, 0.15) is 10.3 Å². The van der Waals surface area contributed by atoms with Crippen LogP contribution in [0.4, 0.5) is 10.5 Å². The van der Waals surface area contributed by atoms with Crippen LogP contribution in [0.15, 0.2) is 59.5 Å². The predicted octanol–water partition coefficient (Wildman–Crippen LogP) is 6.00. The molecule has 3 rings (SSSR count). The number of thioether (sulfide) groups is 1. The quantitative estimate of drug-likeness (QED) is 0.634. The normalized spacial score (nSPS) is 19.1. The lowest BCUT2D eigenvalue weighted by Gasteiger charge is -2.30. The molecule has 0 saturated heterocycles. The molecule has 0 aromatic heterocycles. The van der Waals surface area contributed by atoms with E-state index in [-0.39, 0.29) is 11.8 Å². The molecular formula is C23H27NO3S. The van der Waals surface area contributed by atoms with Gasteiger partial charge < -0.3 is 4.74 Å². The van der Waals surface area contributed by atoms with Crippen LogP contribution in [0.2, 0.25) is 0 Å². The van der Waals surface area contributed by atoms with Gasteiger partial charge in [-0.2, -0.15) is 0 Å². The highest BCUT2D eigenvalue weighted by Crippen LogP contribution is 2.54. The van der Waals surface area contributed by atoms with Crippen LogP contribution < -0.4 is 4.90 Å². The van der Waals surface area contributed by atoms with Gasteiger partial charge in [0.15, 0.2) is 0 Å². The van der Waals surface area contributed by atoms with Crippen LogP contribution in [-0.2, 0) is 14.3 Å². The summed E-state index contributed by atoms with van der Waals surface area (Å²) in [7, 11) is 0. The van der Waals surface area contributed by atoms with Gasteiger partial charge in [0.25, 0.3) is 5.91 Å². The van der Waals surface area contributed by atoms with E-state index >= 15 is 0 Å². The molecule has 0 N–H and O–H groups in total. The van der Waals surface area contributed by atoms with Crippen LogP contribution in [0.1, 0.15) is 46.6 Å². The Balaban J connectivity index is 2.11. The Morgan fingerprint density at radius 1 is 1.07 bits per heavy atom. The summed E-state index contributed by atoms with van der Waals surface area (Å²) in [6, 6.07) is 17.4. The Hall–Kier alpha value is -2.27. The zero-order valence-electron chi connectivity index (χ0n) is 17.1. The number of fused-ring (bicyclic) bond motifs is 1. The average Bonchev–Trinajstić information content (AvgIpc) is 2.83. The Morgan fingerprint density at radius 2 is 1.68 bits per heavy atom. The van der Waals surface area contributed by atoms with Crippen molar-refractivity contribution in [3.8, 4) is 0 Å². The van der Waals surface area contributed by atoms with Crippen molar-refractivity contribution >= 4 is 29.4 Å². The topological polar surface area (TPSA) is 46.6 Å². The summed E-state index contributed by atoms with van der Waals surface area (Å²) in [4.78, 5) is 28.9. The Kier molecular flexibility index (Phi) is 5.57. The molecule has 28 heavy (non-hydrogen) atoms. The molecule has 1 aliphatic heterocycles. The van der Waals surface area contributed by atoms with Gasteiger partial charge in [-0.1, -0.05) is 50.2 Å². The number of anilines is 1. The van der Waals surface area contributed by atoms with E-state index in [1.54, 1.807) is 20.8 Å². The van der Waals surface area contributed by atoms with E-state index in [4.69, 9.17) is 4.74 Å². The molecule has 2 aromatic rings. The molecule has 4 nitrogen and oxygen atoms in total. The number of amides is 2. The number of para-hydroxylation sites is 1. The van der Waals surface area contributed by atoms with Crippen LogP contribution >= 0.6 is 11.8 Å². The molecule has 0 unspecified atom stereocenters. The number of carbonyl (C=O) groups is 2. The van der Waals surface area contributed by atoms with Crippen LogP contribution in [0, 0.1) is 5.92 Å². The molecule has 0 aliphatic carbocycles. The molecule has 148 valence electrons. The van der Waals surface area contributed by atoms with Crippen LogP contribution in [0.3, 0.4) is 0 Å². The Morgan fingerprint density at radius 3 is 2.29 bits per heavy atom. The van der Waals surface area contributed by atoms with Crippen molar-refractivity contribution in [2.75, 3.05) is 4.90 Å². The summed E-state index contributed by atoms with van der Waals surface area (Å²) in [5, 5.41) is 0. The maximum absolute atomic E-state index is 13.8. The Bertz CT molecular complexity index is 873. The van der Waals surface area contributed by atoms with E-state index in [0.717, 1.165) is 10.5 Å². The average molecular weight is 398 g/mol. The van der Waals surface area contributed by atoms with E-state index in [0.29, 0.717) is 12.1 Å². The summed E-state index contributed by atoms with van der Waals surface area (Å²) < 4.78 is 4.70. The highest BCUT2D eigenvalue weighted by Gasteiger charge is 2.54. The first-order valence-corrected chi connectivity index (χ1v) is 10.4. The highest BCUT2D eigenvalue weighted by molar-refractivity contribution is 8.01. The third kappa shape index (κ3) is 3.95. The van der Waals surface area contributed by atoms with Gasteiger partial charge in [-0.15, -0.1) is 11.8 Å². The number of hydrogen-bond donors (Lipinski definition) is 0. The number of nitrogens with zero attached hydrogens (tertiary/aromatic N) is 1. The number of imide groups is 1. The number of hydrogen-bond acceptors (Lipinski definition) is 4. The summed E-state index contributed by atoms with van der Waals surface area (Å²) in [5.74, 6) is 0.0392. The van der Waals surface area contributed by atoms with Crippen molar-refractivity contribution in [1.82, 2.24) is 0 Å². The lowest BCUT2D eigenvalue weighted by Crippen LogP contribution is -2.44. The zero-order chi connectivity index (χ0) is 20.5. The third-order valence-corrected chi connectivity index (χ3v) is 5.85. The van der Waals surface area contributed by atoms with Crippen molar-refractivity contribution in [2.45, 2.75) is 56.3 Å². The molecule has 0 bridgehead atoms. The maximum Gasteiger partial charge on any atom is 0.421 e. The highest BCUT2D eigenvalue weighted by atomic mass is 32.2. The van der Waals surface area contributed by atoms with Crippen molar-refractivity contribution in [3.63, 3.8) is 0 Å². The minimum Gasteiger partial charge on any atom is -0.443 e. The molecule has 0 fully saturated rings. The molecule has 1 heterocycles. The third-order valence-electron chi connectivity index (χ3n) is 4.44. The van der Waals surface area contributed by atoms with Gasteiger partial charge in [0.2, 0.25) is 0 Å². The molecule has 5 heteroatoms. The molecule has 1 atom stereocenters. The maximum atomic E-state index is 13.8. The van der Waals surface area contributed by atoms with Gasteiger partial charge in [0, 0.05) is 10.5 Å². The number of benzene rings is 2. The fourth-order valence-electron chi connectivity index (χ4n) is 3.51. The first-order chi connectivity index (χ1) is 13.1. The van der Waals surface area contributed by atoms with Gasteiger partial charge in [-0.3, -0.25) is 4.79 Å². The molecule has 0 spiro atoms. The van der Waals surface area contributed by atoms with E-state index in [9.17, 15) is 9.59 Å². The van der Waals surface area contributed by atoms with Crippen LogP contribution in [0.25, 0.3) is 0 Å². The molecule has 0 saturated carbocycles. The summed E-state index contributed by atoms with van der Waals surface area (Å²) in [5.41, 5.74) is 0.807. The second kappa shape index (κ2) is 7.63. The first-order valence-electron chi connectivity index (χ1n) is 9.55. The molecule has 0 radical (unpaired) electrons. The number of rotatable bonds is 4. The summed E-state index contributed by atoms with van der Waals surface area (Å²) in [6.07, 6.45) is 0.00562. The summed E-state index contributed by atoms with van der Waals surface area (Å²) in [6.45, 7) is 9.60. The first kappa shape index (κ1) is 20.5. The van der Waals surface area contributed by atoms with Gasteiger partial charge in [0.05, 0.1) is 5.69 Å². The number of ether oxygens (including phenoxy) is 1. The lowest BCUT2D eigenvalue weighted by atomic mass is 9.90. The zero-order valence-corrected chi connectivity index (χ0v) is 17.9. The van der Waals surface area contributed by atoms with E-state index in [1.165, 1.54) is 16.7 Å². The Labute approximate surface area is 171 Å². The predicted molar refractivity (Wildman–Crippen MR) is 114 cm³/mol. The van der Waals surface area contributed by atoms with Crippen molar-refractivity contribution in [1.29, 1.82) is 0 Å². The fraction of sp³-hybridized carbons (Fsp3) is 0.391. The van der Waals surface area contributed by atoms with Gasteiger partial charge in [-0.25, -0.2) is 9.69 Å². The minimum absolute atomic E-state index is 0.231. The van der Waals surface area contributed by atoms with Gasteiger partial charge in [-0.05, 0) is 51.3 Å². The monoisotopic (exact) mass is 397 g/mol. The van der Waals surface area contributed by atoms with E-state index < -0.39 is 16.4 Å². The number of carbonyl (C=O) groups excluding carboxylic acids is 2. The molecular weight excluding hydrogens is 370 g/mol. The van der Waals surface area contributed by atoms with Gasteiger partial charge >= 0.3 is 6.09 Å². The molecule has 2 aromatic carbocycles. The van der Waals surface area contributed by atoms with E-state index in [1.807, 2.05) is 54.6 Å². The van der Waals surface area contributed by atoms with Crippen molar-refractivity contribution in [2.24, 2.45) is 5.92 Å². The minimum atomic E-state index is -0.858. The largest absolute Gasteiger partial charge is 0.443 e. The second-order valence-electron chi connectivity index (χ2n) is 8.48. The standard InChI is InChI=1S/C23H27NO3S/c1-16(2)15-23(28-17-11-7-6-8-12-17)18-13-9-10-14-19(18)24(20(23)25)21(26)27-22(3,4)5/h6-14,16H,15H2,1-5H3/t23-/m1/s1. The molecule has 1 aliphatic rings. The second-order valence-corrected chi connectivity index (χ2v) is 9.85. The summed E-state index contributed by atoms with van der Waals surface area (Å²) >= 11 is 1.52. The van der Waals surface area contributed by atoms with E-state index in [2.05, 4.69) is 13.8 Å². The van der Waals surface area contributed by atoms with Crippen LogP contribution in [0.5, 0.6) is 0 Å². The lowest BCUT2D eigenvalue weighted by molar-refractivity contribution is -0.120. The van der Waals surface area contributed by atoms with Crippen molar-refractivity contribution < 1.29 is 14.3 Å².